The van der Waals surface area contributed by atoms with E-state index in [2.05, 4.69) is 0 Å². The molecule has 4 N–H and O–H groups in total. The van der Waals surface area contributed by atoms with E-state index in [4.69, 9.17) is 5.73 Å². The predicted octanol–water partition coefficient (Wildman–Crippen LogP) is 2.19. The number of nitrogens with two attached hydrogens (primary N) is 1. The first-order valence-electron chi connectivity index (χ1n) is 5.53. The van der Waals surface area contributed by atoms with E-state index in [1.807, 2.05) is 20.8 Å². The molecule has 0 amide bonds. The summed E-state index contributed by atoms with van der Waals surface area (Å²) in [6, 6.07) is 6.58. The first-order valence-corrected chi connectivity index (χ1v) is 5.53. The number of aliphatic hydroxyl groups is 1. The normalized spacial score (nSPS) is 15.8. The number of aromatic hydroxyl groups is 1. The molecule has 0 aliphatic carbocycles. The summed E-state index contributed by atoms with van der Waals surface area (Å²) in [4.78, 5) is 0. The second-order valence-corrected chi connectivity index (χ2v) is 5.32. The third kappa shape index (κ3) is 3.51. The molecule has 2 atom stereocenters. The van der Waals surface area contributed by atoms with E-state index in [-0.39, 0.29) is 17.2 Å². The zero-order valence-electron chi connectivity index (χ0n) is 10.1. The van der Waals surface area contributed by atoms with Crippen LogP contribution in [0.5, 0.6) is 5.75 Å². The topological polar surface area (TPSA) is 66.5 Å². The van der Waals surface area contributed by atoms with Gasteiger partial charge < -0.3 is 15.9 Å². The van der Waals surface area contributed by atoms with Crippen LogP contribution in [0.1, 0.15) is 38.9 Å². The van der Waals surface area contributed by atoms with Crippen molar-refractivity contribution in [2.24, 2.45) is 11.1 Å². The van der Waals surface area contributed by atoms with Gasteiger partial charge in [0.2, 0.25) is 0 Å². The molecule has 1 aromatic rings. The lowest BCUT2D eigenvalue weighted by molar-refractivity contribution is 0.133. The van der Waals surface area contributed by atoms with Gasteiger partial charge in [-0.1, -0.05) is 32.9 Å². The summed E-state index contributed by atoms with van der Waals surface area (Å²) in [7, 11) is 0. The molecule has 0 saturated heterocycles. The van der Waals surface area contributed by atoms with E-state index in [1.54, 1.807) is 24.3 Å². The maximum atomic E-state index is 9.99. The van der Waals surface area contributed by atoms with Crippen molar-refractivity contribution in [2.45, 2.75) is 39.3 Å². The molecule has 0 fully saturated rings. The van der Waals surface area contributed by atoms with E-state index >= 15 is 0 Å². The summed E-state index contributed by atoms with van der Waals surface area (Å²) in [6.07, 6.45) is -0.131. The molecule has 0 aromatic heterocycles. The van der Waals surface area contributed by atoms with Crippen molar-refractivity contribution in [1.29, 1.82) is 0 Å². The number of rotatable bonds is 3. The average Bonchev–Trinajstić information content (AvgIpc) is 2.16. The van der Waals surface area contributed by atoms with Crippen LogP contribution >= 0.6 is 0 Å². The molecule has 0 heterocycles. The lowest BCUT2D eigenvalue weighted by Gasteiger charge is -2.29. The molecule has 0 bridgehead atoms. The van der Waals surface area contributed by atoms with E-state index < -0.39 is 6.10 Å². The van der Waals surface area contributed by atoms with Gasteiger partial charge in [-0.2, -0.15) is 0 Å². The number of benzene rings is 1. The minimum absolute atomic E-state index is 0.0300. The average molecular weight is 223 g/mol. The Morgan fingerprint density at radius 3 is 2.44 bits per heavy atom. The molecule has 0 unspecified atom stereocenters. The second kappa shape index (κ2) is 4.85. The Labute approximate surface area is 96.9 Å². The van der Waals surface area contributed by atoms with Crippen LogP contribution in [0.3, 0.4) is 0 Å². The Morgan fingerprint density at radius 1 is 1.31 bits per heavy atom. The van der Waals surface area contributed by atoms with Crippen molar-refractivity contribution >= 4 is 0 Å². The fourth-order valence-corrected chi connectivity index (χ4v) is 1.46. The van der Waals surface area contributed by atoms with Crippen molar-refractivity contribution in [2.75, 3.05) is 0 Å². The van der Waals surface area contributed by atoms with Gasteiger partial charge in [-0.3, -0.25) is 0 Å². The van der Waals surface area contributed by atoms with E-state index in [0.717, 1.165) is 0 Å². The van der Waals surface area contributed by atoms with Crippen LogP contribution in [0.25, 0.3) is 0 Å². The minimum Gasteiger partial charge on any atom is -0.508 e. The molecule has 1 rings (SSSR count). The Kier molecular flexibility index (Phi) is 3.94. The van der Waals surface area contributed by atoms with Gasteiger partial charge in [0.25, 0.3) is 0 Å². The van der Waals surface area contributed by atoms with Gasteiger partial charge in [0.15, 0.2) is 0 Å². The van der Waals surface area contributed by atoms with Crippen molar-refractivity contribution in [3.63, 3.8) is 0 Å². The van der Waals surface area contributed by atoms with Crippen LogP contribution in [0, 0.1) is 5.41 Å². The Morgan fingerprint density at radius 2 is 1.94 bits per heavy atom. The maximum Gasteiger partial charge on any atom is 0.115 e. The first kappa shape index (κ1) is 13.0. The van der Waals surface area contributed by atoms with E-state index in [9.17, 15) is 10.2 Å². The Hall–Kier alpha value is -1.06. The minimum atomic E-state index is -0.624. The predicted molar refractivity (Wildman–Crippen MR) is 65.1 cm³/mol. The number of phenols is 1. The molecule has 3 nitrogen and oxygen atoms in total. The molecular formula is C13H21NO2. The summed E-state index contributed by atoms with van der Waals surface area (Å²) in [6.45, 7) is 6.15. The van der Waals surface area contributed by atoms with Crippen molar-refractivity contribution in [3.05, 3.63) is 29.8 Å². The molecule has 0 radical (unpaired) electrons. The van der Waals surface area contributed by atoms with Gasteiger partial charge in [0, 0.05) is 6.04 Å². The third-order valence-electron chi connectivity index (χ3n) is 2.84. The SMILES string of the molecule is CC(C)(C)[C@@H](N)C[C@@H](O)c1cccc(O)c1. The number of hydrogen-bond donors (Lipinski definition) is 3. The summed E-state index contributed by atoms with van der Waals surface area (Å²) >= 11 is 0. The molecule has 0 aliphatic heterocycles. The summed E-state index contributed by atoms with van der Waals surface area (Å²) in [5.41, 5.74) is 6.68. The van der Waals surface area contributed by atoms with Crippen molar-refractivity contribution < 1.29 is 10.2 Å². The maximum absolute atomic E-state index is 9.99. The molecule has 0 aliphatic rings. The number of hydrogen-bond acceptors (Lipinski definition) is 3. The molecule has 90 valence electrons. The van der Waals surface area contributed by atoms with Crippen LogP contribution in [0.2, 0.25) is 0 Å². The van der Waals surface area contributed by atoms with Gasteiger partial charge in [0.05, 0.1) is 6.10 Å². The number of aliphatic hydroxyl groups excluding tert-OH is 1. The fourth-order valence-electron chi connectivity index (χ4n) is 1.46. The molecule has 16 heavy (non-hydrogen) atoms. The molecule has 3 heteroatoms. The van der Waals surface area contributed by atoms with Gasteiger partial charge in [-0.15, -0.1) is 0 Å². The molecule has 0 saturated carbocycles. The molecule has 0 spiro atoms. The highest BCUT2D eigenvalue weighted by molar-refractivity contribution is 5.28. The lowest BCUT2D eigenvalue weighted by Crippen LogP contribution is -2.36. The molecular weight excluding hydrogens is 202 g/mol. The molecule has 1 aromatic carbocycles. The van der Waals surface area contributed by atoms with Crippen molar-refractivity contribution in [1.82, 2.24) is 0 Å². The standard InChI is InChI=1S/C13H21NO2/c1-13(2,3)12(14)8-11(16)9-5-4-6-10(15)7-9/h4-7,11-12,15-16H,8,14H2,1-3H3/t11-,12+/m1/s1. The second-order valence-electron chi connectivity index (χ2n) is 5.32. The highest BCUT2D eigenvalue weighted by Crippen LogP contribution is 2.27. The smallest absolute Gasteiger partial charge is 0.115 e. The summed E-state index contributed by atoms with van der Waals surface area (Å²) < 4.78 is 0. The lowest BCUT2D eigenvalue weighted by atomic mass is 9.83. The highest BCUT2D eigenvalue weighted by atomic mass is 16.3. The highest BCUT2D eigenvalue weighted by Gasteiger charge is 2.23. The first-order chi connectivity index (χ1) is 7.30. The monoisotopic (exact) mass is 223 g/mol. The van der Waals surface area contributed by atoms with Crippen LogP contribution in [0.15, 0.2) is 24.3 Å². The van der Waals surface area contributed by atoms with Crippen LogP contribution in [-0.4, -0.2) is 16.3 Å². The third-order valence-corrected chi connectivity index (χ3v) is 2.84. The van der Waals surface area contributed by atoms with Gasteiger partial charge >= 0.3 is 0 Å². The van der Waals surface area contributed by atoms with Gasteiger partial charge in [0.1, 0.15) is 5.75 Å². The van der Waals surface area contributed by atoms with Crippen LogP contribution in [0.4, 0.5) is 0 Å². The zero-order valence-corrected chi connectivity index (χ0v) is 10.1. The quantitative estimate of drug-likeness (QED) is 0.736. The van der Waals surface area contributed by atoms with Crippen molar-refractivity contribution in [3.8, 4) is 5.75 Å². The number of phenolic OH excluding ortho intramolecular Hbond substituents is 1. The van der Waals surface area contributed by atoms with E-state index in [0.29, 0.717) is 12.0 Å². The Bertz CT molecular complexity index is 344. The summed E-state index contributed by atoms with van der Waals surface area (Å²) in [5, 5.41) is 19.3. The Balaban J connectivity index is 2.69. The largest absolute Gasteiger partial charge is 0.508 e. The van der Waals surface area contributed by atoms with Gasteiger partial charge in [-0.05, 0) is 29.5 Å². The van der Waals surface area contributed by atoms with Gasteiger partial charge in [-0.25, -0.2) is 0 Å². The zero-order chi connectivity index (χ0) is 12.3. The van der Waals surface area contributed by atoms with Crippen LogP contribution in [-0.2, 0) is 0 Å². The fraction of sp³-hybridized carbons (Fsp3) is 0.538. The van der Waals surface area contributed by atoms with E-state index in [1.165, 1.54) is 0 Å². The van der Waals surface area contributed by atoms with Crippen LogP contribution < -0.4 is 5.73 Å². The summed E-state index contributed by atoms with van der Waals surface area (Å²) in [5.74, 6) is 0.167.